The topological polar surface area (TPSA) is 41.1 Å². The number of hydrogen-bond acceptors (Lipinski definition) is 3. The molecule has 0 atom stereocenters. The van der Waals surface area contributed by atoms with Gasteiger partial charge in [0, 0.05) is 24.6 Å². The molecule has 2 amide bonds. The van der Waals surface area contributed by atoms with Crippen LogP contribution in [0.1, 0.15) is 26.7 Å². The Bertz CT molecular complexity index is 152. The molecule has 0 aromatic rings. The van der Waals surface area contributed by atoms with E-state index in [1.807, 2.05) is 23.5 Å². The smallest absolute Gasteiger partial charge is 0.314 e. The summed E-state index contributed by atoms with van der Waals surface area (Å²) in [6.45, 7) is 5.86. The molecule has 0 bridgehead atoms. The van der Waals surface area contributed by atoms with Crippen molar-refractivity contribution in [3.05, 3.63) is 0 Å². The lowest BCUT2D eigenvalue weighted by Crippen LogP contribution is -2.37. The Labute approximate surface area is 108 Å². The number of carbonyl (C=O) groups excluding carboxylic acids is 1. The van der Waals surface area contributed by atoms with Crippen LogP contribution in [-0.2, 0) is 0 Å². The van der Waals surface area contributed by atoms with E-state index in [9.17, 15) is 4.79 Å². The number of urea groups is 1. The molecule has 0 saturated heterocycles. The van der Waals surface area contributed by atoms with E-state index in [2.05, 4.69) is 24.5 Å². The van der Waals surface area contributed by atoms with Crippen LogP contribution in [0.5, 0.6) is 0 Å². The summed E-state index contributed by atoms with van der Waals surface area (Å²) in [6.07, 6.45) is 2.40. The summed E-state index contributed by atoms with van der Waals surface area (Å²) in [5.74, 6) is 4.37. The SMILES string of the molecule is CCCSCCNC(=O)NCCSCCC. The summed E-state index contributed by atoms with van der Waals surface area (Å²) in [5.41, 5.74) is 0. The quantitative estimate of drug-likeness (QED) is 0.596. The maximum Gasteiger partial charge on any atom is 0.314 e. The first-order valence-electron chi connectivity index (χ1n) is 5.98. The summed E-state index contributed by atoms with van der Waals surface area (Å²) in [5, 5.41) is 5.70. The fourth-order valence-electron chi connectivity index (χ4n) is 1.03. The molecule has 0 aliphatic rings. The van der Waals surface area contributed by atoms with Crippen molar-refractivity contribution in [1.29, 1.82) is 0 Å². The zero-order chi connectivity index (χ0) is 12.1. The van der Waals surface area contributed by atoms with Gasteiger partial charge in [-0.15, -0.1) is 0 Å². The maximum atomic E-state index is 11.3. The molecule has 5 heteroatoms. The van der Waals surface area contributed by atoms with Crippen LogP contribution in [0, 0.1) is 0 Å². The van der Waals surface area contributed by atoms with Gasteiger partial charge in [-0.25, -0.2) is 4.79 Å². The number of carbonyl (C=O) groups is 1. The molecule has 0 aliphatic carbocycles. The zero-order valence-corrected chi connectivity index (χ0v) is 12.0. The summed E-state index contributed by atoms with van der Waals surface area (Å²) >= 11 is 3.77. The van der Waals surface area contributed by atoms with Crippen molar-refractivity contribution >= 4 is 29.6 Å². The van der Waals surface area contributed by atoms with Crippen LogP contribution in [0.15, 0.2) is 0 Å². The number of thioether (sulfide) groups is 2. The predicted octanol–water partition coefficient (Wildman–Crippen LogP) is 2.57. The molecule has 16 heavy (non-hydrogen) atoms. The molecule has 96 valence electrons. The number of hydrogen-bond donors (Lipinski definition) is 2. The number of rotatable bonds is 10. The van der Waals surface area contributed by atoms with E-state index < -0.39 is 0 Å². The van der Waals surface area contributed by atoms with Gasteiger partial charge in [-0.05, 0) is 24.3 Å². The summed E-state index contributed by atoms with van der Waals surface area (Å²) in [7, 11) is 0. The second-order valence-electron chi connectivity index (χ2n) is 3.41. The summed E-state index contributed by atoms with van der Waals surface area (Å²) in [4.78, 5) is 11.3. The van der Waals surface area contributed by atoms with Gasteiger partial charge in [-0.2, -0.15) is 23.5 Å². The Hall–Kier alpha value is -0.0300. The highest BCUT2D eigenvalue weighted by molar-refractivity contribution is 7.99. The number of amides is 2. The largest absolute Gasteiger partial charge is 0.337 e. The van der Waals surface area contributed by atoms with Gasteiger partial charge >= 0.3 is 6.03 Å². The average molecular weight is 264 g/mol. The van der Waals surface area contributed by atoms with E-state index in [0.717, 1.165) is 24.6 Å². The molecule has 0 rings (SSSR count). The molecule has 2 N–H and O–H groups in total. The van der Waals surface area contributed by atoms with Gasteiger partial charge in [-0.3, -0.25) is 0 Å². The lowest BCUT2D eigenvalue weighted by Gasteiger charge is -2.06. The van der Waals surface area contributed by atoms with E-state index >= 15 is 0 Å². The minimum absolute atomic E-state index is 0.0332. The van der Waals surface area contributed by atoms with Crippen molar-refractivity contribution < 1.29 is 4.79 Å². The van der Waals surface area contributed by atoms with Gasteiger partial charge in [0.1, 0.15) is 0 Å². The molecular weight excluding hydrogens is 240 g/mol. The third-order valence-electron chi connectivity index (χ3n) is 1.76. The van der Waals surface area contributed by atoms with Crippen molar-refractivity contribution in [1.82, 2.24) is 10.6 Å². The molecular formula is C11H24N2OS2. The van der Waals surface area contributed by atoms with E-state index in [1.54, 1.807) is 0 Å². The molecule has 3 nitrogen and oxygen atoms in total. The fourth-order valence-corrected chi connectivity index (χ4v) is 2.51. The first-order valence-corrected chi connectivity index (χ1v) is 8.29. The third kappa shape index (κ3) is 12.0. The van der Waals surface area contributed by atoms with Gasteiger partial charge in [0.25, 0.3) is 0 Å². The second kappa shape index (κ2) is 13.0. The molecule has 0 aromatic carbocycles. The van der Waals surface area contributed by atoms with Crippen molar-refractivity contribution in [2.75, 3.05) is 36.1 Å². The van der Waals surface area contributed by atoms with Gasteiger partial charge in [0.2, 0.25) is 0 Å². The Morgan fingerprint density at radius 2 is 1.31 bits per heavy atom. The lowest BCUT2D eigenvalue weighted by molar-refractivity contribution is 0.242. The third-order valence-corrected chi connectivity index (χ3v) is 4.14. The van der Waals surface area contributed by atoms with Crippen molar-refractivity contribution in [2.24, 2.45) is 0 Å². The predicted molar refractivity (Wildman–Crippen MR) is 76.6 cm³/mol. The number of nitrogens with one attached hydrogen (secondary N) is 2. The van der Waals surface area contributed by atoms with Crippen LogP contribution in [0.2, 0.25) is 0 Å². The van der Waals surface area contributed by atoms with Gasteiger partial charge in [0.05, 0.1) is 0 Å². The van der Waals surface area contributed by atoms with Crippen LogP contribution in [-0.4, -0.2) is 42.1 Å². The van der Waals surface area contributed by atoms with Gasteiger partial charge < -0.3 is 10.6 Å². The Balaban J connectivity index is 3.12. The second-order valence-corrected chi connectivity index (χ2v) is 5.86. The summed E-state index contributed by atoms with van der Waals surface area (Å²) < 4.78 is 0. The van der Waals surface area contributed by atoms with Crippen LogP contribution in [0.25, 0.3) is 0 Å². The molecule has 0 aromatic heterocycles. The van der Waals surface area contributed by atoms with Crippen molar-refractivity contribution in [2.45, 2.75) is 26.7 Å². The Morgan fingerprint density at radius 3 is 1.69 bits per heavy atom. The molecule has 0 heterocycles. The maximum absolute atomic E-state index is 11.3. The average Bonchev–Trinajstić information content (AvgIpc) is 2.28. The minimum Gasteiger partial charge on any atom is -0.337 e. The fraction of sp³-hybridized carbons (Fsp3) is 0.909. The normalized spacial score (nSPS) is 10.1. The molecule has 0 spiro atoms. The van der Waals surface area contributed by atoms with E-state index in [1.165, 1.54) is 24.3 Å². The van der Waals surface area contributed by atoms with E-state index in [-0.39, 0.29) is 6.03 Å². The first-order chi connectivity index (χ1) is 7.81. The lowest BCUT2D eigenvalue weighted by atomic mass is 10.6. The van der Waals surface area contributed by atoms with Crippen LogP contribution < -0.4 is 10.6 Å². The standard InChI is InChI=1S/C11H24N2OS2/c1-3-7-15-9-5-12-11(14)13-6-10-16-8-4-2/h3-10H2,1-2H3,(H2,12,13,14). The van der Waals surface area contributed by atoms with Crippen LogP contribution >= 0.6 is 23.5 Å². The Kier molecular flexibility index (Phi) is 13.0. The van der Waals surface area contributed by atoms with E-state index in [0.29, 0.717) is 0 Å². The van der Waals surface area contributed by atoms with Gasteiger partial charge in [0.15, 0.2) is 0 Å². The Morgan fingerprint density at radius 1 is 0.875 bits per heavy atom. The molecule has 0 aliphatic heterocycles. The highest BCUT2D eigenvalue weighted by Crippen LogP contribution is 2.00. The van der Waals surface area contributed by atoms with E-state index in [4.69, 9.17) is 0 Å². The van der Waals surface area contributed by atoms with Crippen molar-refractivity contribution in [3.8, 4) is 0 Å². The van der Waals surface area contributed by atoms with Crippen LogP contribution in [0.4, 0.5) is 4.79 Å². The molecule has 0 radical (unpaired) electrons. The summed E-state index contributed by atoms with van der Waals surface area (Å²) in [6, 6.07) is -0.0332. The monoisotopic (exact) mass is 264 g/mol. The highest BCUT2D eigenvalue weighted by Gasteiger charge is 1.97. The molecule has 0 saturated carbocycles. The highest BCUT2D eigenvalue weighted by atomic mass is 32.2. The molecule has 0 unspecified atom stereocenters. The van der Waals surface area contributed by atoms with Gasteiger partial charge in [-0.1, -0.05) is 13.8 Å². The molecule has 0 fully saturated rings. The first kappa shape index (κ1) is 16.0. The van der Waals surface area contributed by atoms with Crippen molar-refractivity contribution in [3.63, 3.8) is 0 Å². The van der Waals surface area contributed by atoms with Crippen LogP contribution in [0.3, 0.4) is 0 Å². The zero-order valence-electron chi connectivity index (χ0n) is 10.4. The minimum atomic E-state index is -0.0332.